The molecule has 108 valence electrons. The summed E-state index contributed by atoms with van der Waals surface area (Å²) in [6.07, 6.45) is 2.54. The second-order valence-corrected chi connectivity index (χ2v) is 7.27. The predicted molar refractivity (Wildman–Crippen MR) is 83.4 cm³/mol. The van der Waals surface area contributed by atoms with Crippen LogP contribution in [0, 0.1) is 0 Å². The first-order chi connectivity index (χ1) is 8.94. The van der Waals surface area contributed by atoms with Crippen molar-refractivity contribution in [1.82, 2.24) is 5.32 Å². The molecule has 0 atom stereocenters. The first kappa shape index (κ1) is 16.3. The minimum absolute atomic E-state index is 0.134. The summed E-state index contributed by atoms with van der Waals surface area (Å²) in [6.45, 7) is 4.80. The van der Waals surface area contributed by atoms with Crippen LogP contribution in [0.1, 0.15) is 20.3 Å². The van der Waals surface area contributed by atoms with E-state index in [1.165, 1.54) is 11.8 Å². The first-order valence-electron chi connectivity index (χ1n) is 6.31. The molecular formula is C13H22N2O2S2. The minimum Gasteiger partial charge on any atom is -0.314 e. The molecule has 2 N–H and O–H groups in total. The molecule has 4 nitrogen and oxygen atoms in total. The maximum atomic E-state index is 12.0. The van der Waals surface area contributed by atoms with Crippen LogP contribution in [-0.2, 0) is 10.0 Å². The van der Waals surface area contributed by atoms with Crippen LogP contribution >= 0.6 is 11.8 Å². The normalized spacial score (nSPS) is 11.8. The van der Waals surface area contributed by atoms with Crippen molar-refractivity contribution >= 4 is 27.5 Å². The third-order valence-corrected chi connectivity index (χ3v) is 4.67. The summed E-state index contributed by atoms with van der Waals surface area (Å²) in [6, 6.07) is 7.81. The lowest BCUT2D eigenvalue weighted by molar-refractivity contribution is 0.571. The molecule has 0 saturated carbocycles. The molecule has 0 aliphatic heterocycles. The Bertz CT molecular complexity index is 487. The Morgan fingerprint density at radius 3 is 2.58 bits per heavy atom. The molecule has 0 radical (unpaired) electrons. The van der Waals surface area contributed by atoms with E-state index in [0.29, 0.717) is 24.7 Å². The molecule has 0 spiro atoms. The SMILES string of the molecule is CSc1ccccc1NS(=O)(=O)CCCNC(C)C. The maximum Gasteiger partial charge on any atom is 0.232 e. The van der Waals surface area contributed by atoms with Crippen LogP contribution < -0.4 is 10.0 Å². The zero-order valence-electron chi connectivity index (χ0n) is 11.6. The Morgan fingerprint density at radius 2 is 1.95 bits per heavy atom. The molecule has 6 heteroatoms. The van der Waals surface area contributed by atoms with E-state index < -0.39 is 10.0 Å². The lowest BCUT2D eigenvalue weighted by atomic mass is 10.3. The molecule has 0 aliphatic carbocycles. The molecule has 1 aromatic carbocycles. The molecule has 19 heavy (non-hydrogen) atoms. The van der Waals surface area contributed by atoms with Gasteiger partial charge in [-0.2, -0.15) is 0 Å². The first-order valence-corrected chi connectivity index (χ1v) is 9.19. The molecule has 0 unspecified atom stereocenters. The number of nitrogens with one attached hydrogen (secondary N) is 2. The fraction of sp³-hybridized carbons (Fsp3) is 0.538. The van der Waals surface area contributed by atoms with Gasteiger partial charge >= 0.3 is 0 Å². The van der Waals surface area contributed by atoms with Crippen molar-refractivity contribution in [2.75, 3.05) is 23.3 Å². The Morgan fingerprint density at radius 1 is 1.26 bits per heavy atom. The molecule has 1 rings (SSSR count). The van der Waals surface area contributed by atoms with Gasteiger partial charge in [-0.3, -0.25) is 4.72 Å². The number of sulfonamides is 1. The van der Waals surface area contributed by atoms with E-state index in [1.807, 2.05) is 38.3 Å². The predicted octanol–water partition coefficient (Wildman–Crippen LogP) is 2.54. The van der Waals surface area contributed by atoms with E-state index in [1.54, 1.807) is 6.07 Å². The number of anilines is 1. The standard InChI is InChI=1S/C13H22N2O2S2/c1-11(2)14-9-6-10-19(16,17)15-12-7-4-5-8-13(12)18-3/h4-5,7-8,11,14-15H,6,9-10H2,1-3H3. The zero-order valence-corrected chi connectivity index (χ0v) is 13.3. The van der Waals surface area contributed by atoms with Crippen molar-refractivity contribution in [3.8, 4) is 0 Å². The molecule has 0 amide bonds. The van der Waals surface area contributed by atoms with E-state index in [4.69, 9.17) is 0 Å². The fourth-order valence-electron chi connectivity index (χ4n) is 1.60. The molecule has 0 heterocycles. The van der Waals surface area contributed by atoms with Crippen LogP contribution in [0.3, 0.4) is 0 Å². The van der Waals surface area contributed by atoms with Gasteiger partial charge in [-0.05, 0) is 31.4 Å². The number of rotatable bonds is 8. The van der Waals surface area contributed by atoms with Crippen LogP contribution in [0.5, 0.6) is 0 Å². The van der Waals surface area contributed by atoms with Crippen LogP contribution in [0.4, 0.5) is 5.69 Å². The van der Waals surface area contributed by atoms with E-state index in [9.17, 15) is 8.42 Å². The fourth-order valence-corrected chi connectivity index (χ4v) is 3.36. The molecule has 0 bridgehead atoms. The van der Waals surface area contributed by atoms with Gasteiger partial charge in [0, 0.05) is 10.9 Å². The van der Waals surface area contributed by atoms with Crippen LogP contribution in [-0.4, -0.2) is 33.0 Å². The summed E-state index contributed by atoms with van der Waals surface area (Å²) in [4.78, 5) is 0.936. The Hall–Kier alpha value is -0.720. The summed E-state index contributed by atoms with van der Waals surface area (Å²) >= 11 is 1.53. The van der Waals surface area contributed by atoms with Gasteiger partial charge in [0.1, 0.15) is 0 Å². The highest BCUT2D eigenvalue weighted by atomic mass is 32.2. The summed E-state index contributed by atoms with van der Waals surface area (Å²) in [5, 5.41) is 3.21. The zero-order chi connectivity index (χ0) is 14.3. The van der Waals surface area contributed by atoms with E-state index in [-0.39, 0.29) is 5.75 Å². The number of benzene rings is 1. The summed E-state index contributed by atoms with van der Waals surface area (Å²) in [7, 11) is -3.27. The lowest BCUT2D eigenvalue weighted by Gasteiger charge is -2.12. The third kappa shape index (κ3) is 6.31. The quantitative estimate of drug-likeness (QED) is 0.572. The number of thioether (sulfide) groups is 1. The highest BCUT2D eigenvalue weighted by molar-refractivity contribution is 7.99. The highest BCUT2D eigenvalue weighted by Gasteiger charge is 2.12. The van der Waals surface area contributed by atoms with Crippen LogP contribution in [0.2, 0.25) is 0 Å². The average Bonchev–Trinajstić information content (AvgIpc) is 2.35. The largest absolute Gasteiger partial charge is 0.314 e. The molecular weight excluding hydrogens is 280 g/mol. The number of hydrogen-bond acceptors (Lipinski definition) is 4. The van der Waals surface area contributed by atoms with E-state index in [0.717, 1.165) is 4.90 Å². The van der Waals surface area contributed by atoms with Crippen molar-refractivity contribution in [2.45, 2.75) is 31.2 Å². The van der Waals surface area contributed by atoms with Crippen molar-refractivity contribution in [3.05, 3.63) is 24.3 Å². The second-order valence-electron chi connectivity index (χ2n) is 4.58. The van der Waals surface area contributed by atoms with Gasteiger partial charge in [0.25, 0.3) is 0 Å². The smallest absolute Gasteiger partial charge is 0.232 e. The minimum atomic E-state index is -3.27. The number of hydrogen-bond donors (Lipinski definition) is 2. The topological polar surface area (TPSA) is 58.2 Å². The Balaban J connectivity index is 2.54. The summed E-state index contributed by atoms with van der Waals surface area (Å²) in [5.41, 5.74) is 0.659. The second kappa shape index (κ2) is 7.77. The van der Waals surface area contributed by atoms with Crippen molar-refractivity contribution in [1.29, 1.82) is 0 Å². The molecule has 1 aromatic rings. The highest BCUT2D eigenvalue weighted by Crippen LogP contribution is 2.25. The van der Waals surface area contributed by atoms with Gasteiger partial charge < -0.3 is 5.32 Å². The van der Waals surface area contributed by atoms with Crippen LogP contribution in [0.15, 0.2) is 29.2 Å². The molecule has 0 aliphatic rings. The van der Waals surface area contributed by atoms with Gasteiger partial charge in [0.2, 0.25) is 10.0 Å². The monoisotopic (exact) mass is 302 g/mol. The van der Waals surface area contributed by atoms with E-state index in [2.05, 4.69) is 10.0 Å². The Kier molecular flexibility index (Phi) is 6.68. The van der Waals surface area contributed by atoms with Gasteiger partial charge in [-0.15, -0.1) is 11.8 Å². The van der Waals surface area contributed by atoms with E-state index >= 15 is 0 Å². The average molecular weight is 302 g/mol. The van der Waals surface area contributed by atoms with Crippen molar-refractivity contribution in [2.24, 2.45) is 0 Å². The van der Waals surface area contributed by atoms with Crippen molar-refractivity contribution < 1.29 is 8.42 Å². The molecule has 0 fully saturated rings. The maximum absolute atomic E-state index is 12.0. The summed E-state index contributed by atoms with van der Waals surface area (Å²) in [5.74, 6) is 0.134. The van der Waals surface area contributed by atoms with Gasteiger partial charge in [-0.25, -0.2) is 8.42 Å². The third-order valence-electron chi connectivity index (χ3n) is 2.51. The van der Waals surface area contributed by atoms with Gasteiger partial charge in [0.15, 0.2) is 0 Å². The Labute approximate surface area is 120 Å². The molecule has 0 aromatic heterocycles. The lowest BCUT2D eigenvalue weighted by Crippen LogP contribution is -2.26. The molecule has 0 saturated heterocycles. The van der Waals surface area contributed by atoms with Crippen molar-refractivity contribution in [3.63, 3.8) is 0 Å². The number of para-hydroxylation sites is 1. The van der Waals surface area contributed by atoms with Gasteiger partial charge in [-0.1, -0.05) is 26.0 Å². The summed E-state index contributed by atoms with van der Waals surface area (Å²) < 4.78 is 26.6. The van der Waals surface area contributed by atoms with Gasteiger partial charge in [0.05, 0.1) is 11.4 Å². The van der Waals surface area contributed by atoms with Crippen LogP contribution in [0.25, 0.3) is 0 Å².